The molecule has 9 nitrogen and oxygen atoms in total. The van der Waals surface area contributed by atoms with Crippen LogP contribution in [0.4, 0.5) is 0 Å². The van der Waals surface area contributed by atoms with E-state index in [4.69, 9.17) is 39.8 Å². The summed E-state index contributed by atoms with van der Waals surface area (Å²) in [6, 6.07) is 0.816. The van der Waals surface area contributed by atoms with Crippen molar-refractivity contribution in [3.63, 3.8) is 0 Å². The monoisotopic (exact) mass is 1070 g/mol. The molecule has 0 amide bonds. The standard InChI is InChI=1S/C32H70O9S12Si3/c1-10-33-54(34-11-2,35-12-3)25-19-24-53(50-47-42-23-22-32-27-30-20-21-31(32)26-30,51-48-45-43-28-55(36-13-4,37-14-5)38-15-6)52-49-46-44-29-56(39-16-7,40-17-8)41-18-9/h30-32H,10-29H2,1-9H3. The third-order valence-electron chi connectivity index (χ3n) is 8.68. The Kier molecular flexibility index (Phi) is 34.3. The Morgan fingerprint density at radius 2 is 0.911 bits per heavy atom. The molecule has 0 aromatic carbocycles. The van der Waals surface area contributed by atoms with E-state index < -0.39 is 33.5 Å². The van der Waals surface area contributed by atoms with Crippen LogP contribution < -0.4 is 0 Å². The molecule has 0 aliphatic heterocycles. The first-order chi connectivity index (χ1) is 27.2. The quantitative estimate of drug-likeness (QED) is 0.0331. The summed E-state index contributed by atoms with van der Waals surface area (Å²) in [6.45, 7) is 23.5. The van der Waals surface area contributed by atoms with E-state index >= 15 is 0 Å². The maximum absolute atomic E-state index is 6.30. The molecule has 2 aliphatic carbocycles. The van der Waals surface area contributed by atoms with Gasteiger partial charge >= 0.3 is 26.4 Å². The molecule has 3 unspecified atom stereocenters. The van der Waals surface area contributed by atoms with Gasteiger partial charge in [-0.1, -0.05) is 45.9 Å². The predicted octanol–water partition coefficient (Wildman–Crippen LogP) is 14.4. The molecular weight excluding hydrogens is 997 g/mol. The lowest BCUT2D eigenvalue weighted by Gasteiger charge is -2.35. The smallest absolute Gasteiger partial charge is 0.374 e. The zero-order valence-corrected chi connectivity index (χ0v) is 47.7. The minimum Gasteiger partial charge on any atom is -0.374 e. The summed E-state index contributed by atoms with van der Waals surface area (Å²) in [7, 11) is 11.7. The van der Waals surface area contributed by atoms with E-state index in [0.717, 1.165) is 36.0 Å². The highest BCUT2D eigenvalue weighted by atomic mass is 34.2. The second kappa shape index (κ2) is 33.9. The zero-order valence-electron chi connectivity index (χ0n) is 34.9. The summed E-state index contributed by atoms with van der Waals surface area (Å²) in [5.74, 6) is 5.21. The molecule has 2 bridgehead atoms. The summed E-state index contributed by atoms with van der Waals surface area (Å²) < 4.78 is 55.8. The van der Waals surface area contributed by atoms with E-state index in [2.05, 4.69) is 20.6 Å². The summed E-state index contributed by atoms with van der Waals surface area (Å²) in [6.07, 6.45) is 8.22. The van der Waals surface area contributed by atoms with E-state index in [1.807, 2.05) is 131 Å². The Morgan fingerprint density at radius 1 is 0.482 bits per heavy atom. The molecule has 0 spiro atoms. The van der Waals surface area contributed by atoms with Gasteiger partial charge in [-0.2, -0.15) is 0 Å². The lowest BCUT2D eigenvalue weighted by molar-refractivity contribution is 0.0710. The van der Waals surface area contributed by atoms with Crippen molar-refractivity contribution < 1.29 is 39.8 Å². The molecule has 2 aliphatic rings. The lowest BCUT2D eigenvalue weighted by atomic mass is 9.87. The van der Waals surface area contributed by atoms with E-state index in [0.29, 0.717) is 70.2 Å². The predicted molar refractivity (Wildman–Crippen MR) is 275 cm³/mol. The molecule has 56 heavy (non-hydrogen) atoms. The van der Waals surface area contributed by atoms with Crippen molar-refractivity contribution in [1.29, 1.82) is 0 Å². The molecule has 3 atom stereocenters. The largest absolute Gasteiger partial charge is 0.512 e. The Morgan fingerprint density at radius 3 is 1.30 bits per heavy atom. The van der Waals surface area contributed by atoms with Crippen LogP contribution in [-0.2, 0) is 39.8 Å². The van der Waals surface area contributed by atoms with Crippen LogP contribution in [-0.4, -0.2) is 108 Å². The van der Waals surface area contributed by atoms with Crippen LogP contribution in [0.5, 0.6) is 0 Å². The van der Waals surface area contributed by atoms with Gasteiger partial charge in [0.15, 0.2) is 0 Å². The fourth-order valence-electron chi connectivity index (χ4n) is 6.79. The van der Waals surface area contributed by atoms with Gasteiger partial charge in [0.2, 0.25) is 0 Å². The van der Waals surface area contributed by atoms with Crippen LogP contribution in [0.15, 0.2) is 0 Å². The molecule has 0 heterocycles. The Balaban J connectivity index is 2.22. The molecule has 2 rings (SSSR count). The minimum absolute atomic E-state index is 0.586. The minimum atomic E-state index is -2.77. The topological polar surface area (TPSA) is 83.1 Å². The van der Waals surface area contributed by atoms with E-state index in [9.17, 15) is 0 Å². The molecule has 0 radical (unpaired) electrons. The van der Waals surface area contributed by atoms with Crippen molar-refractivity contribution in [2.75, 3.05) is 81.7 Å². The summed E-state index contributed by atoms with van der Waals surface area (Å²) in [5.41, 5.74) is 0. The van der Waals surface area contributed by atoms with Crippen molar-refractivity contribution in [2.24, 2.45) is 17.8 Å². The fraction of sp³-hybridized carbons (Fsp3) is 1.00. The van der Waals surface area contributed by atoms with Crippen LogP contribution in [0.1, 0.15) is 101 Å². The van der Waals surface area contributed by atoms with Crippen molar-refractivity contribution in [2.45, 2.75) is 107 Å². The first-order valence-electron chi connectivity index (χ1n) is 20.0. The van der Waals surface area contributed by atoms with Gasteiger partial charge in [0.1, 0.15) is 0 Å². The first-order valence-corrected chi connectivity index (χ1v) is 42.8. The van der Waals surface area contributed by atoms with Gasteiger partial charge < -0.3 is 39.8 Å². The zero-order chi connectivity index (χ0) is 41.0. The number of rotatable bonds is 40. The maximum atomic E-state index is 6.30. The normalized spacial score (nSPS) is 19.4. The van der Waals surface area contributed by atoms with Gasteiger partial charge in [-0.3, -0.25) is 0 Å². The SMILES string of the molecule is CCO[Si](CCCS(SSSCCC1CC2CCC1C2)(SSSSC[Si](OCC)(OCC)OCC)SSSSC[Si](OCC)(OCC)OCC)(OCC)OCC. The molecule has 0 saturated heterocycles. The summed E-state index contributed by atoms with van der Waals surface area (Å²) >= 11 is 0. The van der Waals surface area contributed by atoms with Crippen LogP contribution in [0.25, 0.3) is 0 Å². The van der Waals surface area contributed by atoms with E-state index in [1.54, 1.807) is 21.6 Å². The maximum Gasteiger partial charge on any atom is 0.512 e. The van der Waals surface area contributed by atoms with Crippen LogP contribution in [0.2, 0.25) is 6.04 Å². The van der Waals surface area contributed by atoms with Crippen LogP contribution in [0.3, 0.4) is 0 Å². The molecule has 0 N–H and O–H groups in total. The molecule has 0 aromatic heterocycles. The van der Waals surface area contributed by atoms with Gasteiger partial charge in [0.05, 0.1) is 10.8 Å². The molecule has 336 valence electrons. The summed E-state index contributed by atoms with van der Waals surface area (Å²) in [5, 5.41) is 1.43. The molecule has 0 aromatic rings. The average Bonchev–Trinajstić information content (AvgIpc) is 3.80. The fourth-order valence-corrected chi connectivity index (χ4v) is 67.8. The van der Waals surface area contributed by atoms with Gasteiger partial charge in [0.25, 0.3) is 0 Å². The van der Waals surface area contributed by atoms with Crippen molar-refractivity contribution >= 4 is 145 Å². The average molecular weight is 1070 g/mol. The number of hydrogen-bond acceptors (Lipinski definition) is 20. The second-order valence-electron chi connectivity index (χ2n) is 12.4. The van der Waals surface area contributed by atoms with Crippen molar-refractivity contribution in [3.05, 3.63) is 0 Å². The summed E-state index contributed by atoms with van der Waals surface area (Å²) in [4.78, 5) is 0. The lowest BCUT2D eigenvalue weighted by Crippen LogP contribution is -2.49. The number of hydrogen-bond donors (Lipinski definition) is 0. The van der Waals surface area contributed by atoms with E-state index in [1.165, 1.54) is 37.9 Å². The van der Waals surface area contributed by atoms with E-state index in [-0.39, 0.29) is 0 Å². The highest BCUT2D eigenvalue weighted by Crippen LogP contribution is 2.89. The Labute approximate surface area is 386 Å². The van der Waals surface area contributed by atoms with Crippen molar-refractivity contribution in [1.82, 2.24) is 0 Å². The highest BCUT2D eigenvalue weighted by molar-refractivity contribution is 9.74. The Bertz CT molecular complexity index is 898. The van der Waals surface area contributed by atoms with Crippen LogP contribution in [0, 0.1) is 17.8 Å². The molecular formula is C32H70O9S12Si3. The van der Waals surface area contributed by atoms with Gasteiger partial charge in [-0.25, -0.2) is 0 Å². The molecule has 2 saturated carbocycles. The third kappa shape index (κ3) is 21.7. The third-order valence-corrected chi connectivity index (χ3v) is 57.2. The Hall–Kier alpha value is 4.49. The van der Waals surface area contributed by atoms with Gasteiger partial charge in [-0.05, 0) is 191 Å². The number of fused-ring (bicyclic) bond motifs is 2. The highest BCUT2D eigenvalue weighted by Gasteiger charge is 2.44. The van der Waals surface area contributed by atoms with Gasteiger partial charge in [0, 0.05) is 77.0 Å². The molecule has 24 heteroatoms. The second-order valence-corrected chi connectivity index (χ2v) is 47.9. The molecule has 2 fully saturated rings. The van der Waals surface area contributed by atoms with Crippen molar-refractivity contribution in [3.8, 4) is 0 Å². The van der Waals surface area contributed by atoms with Gasteiger partial charge in [-0.15, -0.1) is 0 Å². The van der Waals surface area contributed by atoms with Crippen LogP contribution >= 0.6 is 118 Å². The first kappa shape index (κ1) is 56.6.